The molecule has 7 aromatic rings. The molecule has 0 aliphatic rings. The van der Waals surface area contributed by atoms with Crippen LogP contribution in [0.15, 0.2) is 127 Å². The number of hydrogen-bond donors (Lipinski definition) is 2. The molecule has 0 aliphatic heterocycles. The first-order valence-corrected chi connectivity index (χ1v) is 12.8. The Bertz CT molecular complexity index is 1940. The summed E-state index contributed by atoms with van der Waals surface area (Å²) in [6.07, 6.45) is 0. The van der Waals surface area contributed by atoms with Crippen LogP contribution in [0, 0.1) is 0 Å². The van der Waals surface area contributed by atoms with Crippen molar-refractivity contribution >= 4 is 33.0 Å². The molecule has 0 bridgehead atoms. The molecule has 0 atom stereocenters. The molecule has 2 N–H and O–H groups in total. The van der Waals surface area contributed by atoms with Crippen molar-refractivity contribution in [3.8, 4) is 28.3 Å². The zero-order valence-electron chi connectivity index (χ0n) is 20.7. The van der Waals surface area contributed by atoms with Crippen LogP contribution in [0.5, 0.6) is 5.75 Å². The van der Waals surface area contributed by atoms with Crippen LogP contribution < -0.4 is 5.32 Å². The Morgan fingerprint density at radius 2 is 1.39 bits per heavy atom. The summed E-state index contributed by atoms with van der Waals surface area (Å²) in [6, 6.07) is 43.2. The lowest BCUT2D eigenvalue weighted by atomic mass is 10.0. The Hall–Kier alpha value is -5.09. The van der Waals surface area contributed by atoms with Crippen LogP contribution in [0.3, 0.4) is 0 Å². The maximum atomic E-state index is 11.1. The fourth-order valence-electron chi connectivity index (χ4n) is 5.30. The second-order valence-corrected chi connectivity index (χ2v) is 9.50. The van der Waals surface area contributed by atoms with Crippen molar-refractivity contribution in [2.75, 3.05) is 5.32 Å². The third-order valence-electron chi connectivity index (χ3n) is 7.13. The van der Waals surface area contributed by atoms with Gasteiger partial charge in [-0.1, -0.05) is 103 Å². The van der Waals surface area contributed by atoms with Gasteiger partial charge in [-0.25, -0.2) is 4.98 Å². The highest BCUT2D eigenvalue weighted by Crippen LogP contribution is 2.40. The number of hydrogen-bond acceptors (Lipinski definition) is 3. The summed E-state index contributed by atoms with van der Waals surface area (Å²) in [5.41, 5.74) is 5.58. The number of phenolic OH excluding ortho intramolecular Hbond substituents is 1. The van der Waals surface area contributed by atoms with E-state index >= 15 is 0 Å². The van der Waals surface area contributed by atoms with Gasteiger partial charge < -0.3 is 10.4 Å². The lowest BCUT2D eigenvalue weighted by Crippen LogP contribution is -2.05. The smallest absolute Gasteiger partial charge is 0.139 e. The molecule has 0 aliphatic carbocycles. The summed E-state index contributed by atoms with van der Waals surface area (Å²) in [4.78, 5) is 5.12. The topological polar surface area (TPSA) is 49.6 Å². The maximum absolute atomic E-state index is 11.1. The molecule has 0 saturated heterocycles. The van der Waals surface area contributed by atoms with E-state index in [1.165, 1.54) is 16.3 Å². The highest BCUT2D eigenvalue weighted by atomic mass is 16.3. The zero-order valence-corrected chi connectivity index (χ0v) is 20.7. The number of anilines is 1. The van der Waals surface area contributed by atoms with Crippen molar-refractivity contribution in [1.82, 2.24) is 9.38 Å². The van der Waals surface area contributed by atoms with Gasteiger partial charge in [-0.2, -0.15) is 0 Å². The predicted octanol–water partition coefficient (Wildman–Crippen LogP) is 8.29. The number of nitrogens with one attached hydrogen (secondary N) is 1. The first kappa shape index (κ1) is 22.1. The summed E-state index contributed by atoms with van der Waals surface area (Å²) in [7, 11) is 0. The van der Waals surface area contributed by atoms with Crippen molar-refractivity contribution in [3.05, 3.63) is 133 Å². The molecule has 4 nitrogen and oxygen atoms in total. The maximum Gasteiger partial charge on any atom is 0.139 e. The third-order valence-corrected chi connectivity index (χ3v) is 7.13. The monoisotopic (exact) mass is 491 g/mol. The van der Waals surface area contributed by atoms with Gasteiger partial charge in [-0.15, -0.1) is 0 Å². The number of aromatic hydroxyl groups is 1. The molecule has 0 spiro atoms. The number of pyridine rings is 1. The van der Waals surface area contributed by atoms with Crippen LogP contribution in [0.25, 0.3) is 49.7 Å². The van der Waals surface area contributed by atoms with Gasteiger partial charge in [0, 0.05) is 17.7 Å². The molecule has 0 radical (unpaired) electrons. The summed E-state index contributed by atoms with van der Waals surface area (Å²) in [6.45, 7) is 0.644. The molecule has 5 aromatic carbocycles. The third kappa shape index (κ3) is 3.75. The van der Waals surface area contributed by atoms with E-state index < -0.39 is 0 Å². The Kier molecular flexibility index (Phi) is 5.30. The molecule has 2 aromatic heterocycles. The Morgan fingerprint density at radius 1 is 0.658 bits per heavy atom. The molecular weight excluding hydrogens is 466 g/mol. The number of benzene rings is 5. The zero-order chi connectivity index (χ0) is 25.5. The molecule has 0 amide bonds. The van der Waals surface area contributed by atoms with Gasteiger partial charge >= 0.3 is 0 Å². The van der Waals surface area contributed by atoms with Crippen LogP contribution in [-0.4, -0.2) is 14.5 Å². The van der Waals surface area contributed by atoms with Crippen LogP contribution in [0.1, 0.15) is 5.56 Å². The van der Waals surface area contributed by atoms with Crippen molar-refractivity contribution in [3.63, 3.8) is 0 Å². The molecule has 0 saturated carbocycles. The van der Waals surface area contributed by atoms with Crippen LogP contribution in [-0.2, 0) is 6.54 Å². The first-order chi connectivity index (χ1) is 18.8. The predicted molar refractivity (Wildman–Crippen MR) is 157 cm³/mol. The molecule has 0 fully saturated rings. The van der Waals surface area contributed by atoms with Crippen molar-refractivity contribution in [2.45, 2.75) is 6.54 Å². The summed E-state index contributed by atoms with van der Waals surface area (Å²) < 4.78 is 2.13. The first-order valence-electron chi connectivity index (χ1n) is 12.8. The number of nitrogens with zero attached hydrogens (tertiary/aromatic N) is 2. The van der Waals surface area contributed by atoms with Crippen LogP contribution in [0.2, 0.25) is 0 Å². The van der Waals surface area contributed by atoms with E-state index in [9.17, 15) is 5.11 Å². The standard InChI is InChI=1S/C34H25N3O/c38-30-20-19-25-12-6-7-14-28(25)32(30)29-15-8-16-31-36-33(27-18-17-24-11-4-5-13-26(24)21-27)34(37(29)31)35-22-23-9-2-1-3-10-23/h1-21,35,38H,22H2. The summed E-state index contributed by atoms with van der Waals surface area (Å²) >= 11 is 0. The van der Waals surface area contributed by atoms with Gasteiger partial charge in [0.2, 0.25) is 0 Å². The van der Waals surface area contributed by atoms with Gasteiger partial charge in [-0.3, -0.25) is 4.40 Å². The fraction of sp³-hybridized carbons (Fsp3) is 0.0294. The van der Waals surface area contributed by atoms with Crippen molar-refractivity contribution in [1.29, 1.82) is 0 Å². The van der Waals surface area contributed by atoms with Crippen LogP contribution in [0.4, 0.5) is 5.82 Å². The minimum atomic E-state index is 0.242. The lowest BCUT2D eigenvalue weighted by molar-refractivity contribution is 0.478. The average Bonchev–Trinajstić information content (AvgIpc) is 3.35. The van der Waals surface area contributed by atoms with Gasteiger partial charge in [0.05, 0.1) is 5.69 Å². The average molecular weight is 492 g/mol. The van der Waals surface area contributed by atoms with Gasteiger partial charge in [0.1, 0.15) is 22.9 Å². The van der Waals surface area contributed by atoms with E-state index in [-0.39, 0.29) is 5.75 Å². The highest BCUT2D eigenvalue weighted by Gasteiger charge is 2.20. The number of rotatable bonds is 5. The molecular formula is C34H25N3O. The minimum Gasteiger partial charge on any atom is -0.507 e. The number of aromatic nitrogens is 2. The fourth-order valence-corrected chi connectivity index (χ4v) is 5.30. The second-order valence-electron chi connectivity index (χ2n) is 9.50. The molecule has 182 valence electrons. The quantitative estimate of drug-likeness (QED) is 0.255. The number of imidazole rings is 1. The number of phenols is 1. The van der Waals surface area contributed by atoms with E-state index in [4.69, 9.17) is 4.98 Å². The van der Waals surface area contributed by atoms with Gasteiger partial charge in [-0.05, 0) is 51.4 Å². The van der Waals surface area contributed by atoms with Crippen LogP contribution >= 0.6 is 0 Å². The highest BCUT2D eigenvalue weighted by molar-refractivity contribution is 6.00. The lowest BCUT2D eigenvalue weighted by Gasteiger charge is -2.15. The Balaban J connectivity index is 1.49. The second kappa shape index (κ2) is 9.09. The molecule has 4 heteroatoms. The SMILES string of the molecule is Oc1ccc2ccccc2c1-c1cccc2nc(-c3ccc4ccccc4c3)c(NCc3ccccc3)n12. The van der Waals surface area contributed by atoms with E-state index in [1.807, 2.05) is 42.5 Å². The minimum absolute atomic E-state index is 0.242. The van der Waals surface area contributed by atoms with Crippen molar-refractivity contribution < 1.29 is 5.11 Å². The van der Waals surface area contributed by atoms with Gasteiger partial charge in [0.25, 0.3) is 0 Å². The van der Waals surface area contributed by atoms with E-state index in [0.717, 1.165) is 44.8 Å². The summed E-state index contributed by atoms with van der Waals surface area (Å²) in [5.74, 6) is 1.13. The summed E-state index contributed by atoms with van der Waals surface area (Å²) in [5, 5.41) is 19.2. The van der Waals surface area contributed by atoms with E-state index in [1.54, 1.807) is 6.07 Å². The van der Waals surface area contributed by atoms with E-state index in [0.29, 0.717) is 6.54 Å². The molecule has 7 rings (SSSR count). The normalized spacial score (nSPS) is 11.4. The largest absolute Gasteiger partial charge is 0.507 e. The van der Waals surface area contributed by atoms with E-state index in [2.05, 4.69) is 88.6 Å². The number of fused-ring (bicyclic) bond motifs is 3. The van der Waals surface area contributed by atoms with Crippen molar-refractivity contribution in [2.24, 2.45) is 0 Å². The van der Waals surface area contributed by atoms with Gasteiger partial charge in [0.15, 0.2) is 0 Å². The Morgan fingerprint density at radius 3 is 2.26 bits per heavy atom. The molecule has 0 unspecified atom stereocenters. The molecule has 2 heterocycles. The molecule has 38 heavy (non-hydrogen) atoms. The Labute approximate surface area is 220 Å².